The molecule has 4 rings (SSSR count). The van der Waals surface area contributed by atoms with Crippen molar-refractivity contribution in [2.45, 2.75) is 17.5 Å². The van der Waals surface area contributed by atoms with Crippen LogP contribution in [0.5, 0.6) is 0 Å². The first-order chi connectivity index (χ1) is 14.0. The van der Waals surface area contributed by atoms with Gasteiger partial charge in [0, 0.05) is 24.3 Å². The molecule has 0 aliphatic carbocycles. The molecule has 0 spiro atoms. The molecule has 148 valence electrons. The van der Waals surface area contributed by atoms with E-state index in [0.29, 0.717) is 22.9 Å². The third kappa shape index (κ3) is 3.82. The Morgan fingerprint density at radius 2 is 1.69 bits per heavy atom. The first kappa shape index (κ1) is 19.7. The largest absolute Gasteiger partial charge is 0.332 e. The first-order valence-electron chi connectivity index (χ1n) is 9.03. The molecule has 0 fully saturated rings. The minimum absolute atomic E-state index is 0.336. The molecule has 2 aromatic carbocycles. The maximum absolute atomic E-state index is 12.9. The van der Waals surface area contributed by atoms with Gasteiger partial charge in [-0.3, -0.25) is 13.9 Å². The van der Waals surface area contributed by atoms with Crippen LogP contribution >= 0.6 is 27.7 Å². The Hall–Kier alpha value is -2.58. The van der Waals surface area contributed by atoms with Crippen LogP contribution in [0.25, 0.3) is 11.2 Å². The van der Waals surface area contributed by atoms with E-state index in [2.05, 4.69) is 33.0 Å². The number of nitrogens with zero attached hydrogens (tertiary/aromatic N) is 4. The van der Waals surface area contributed by atoms with Crippen molar-refractivity contribution in [1.29, 1.82) is 0 Å². The summed E-state index contributed by atoms with van der Waals surface area (Å²) in [6.07, 6.45) is 0. The Morgan fingerprint density at radius 1 is 0.966 bits per heavy atom. The van der Waals surface area contributed by atoms with Crippen molar-refractivity contribution in [3.05, 3.63) is 91.0 Å². The summed E-state index contributed by atoms with van der Waals surface area (Å²) in [6, 6.07) is 18.0. The Morgan fingerprint density at radius 3 is 2.41 bits per heavy atom. The zero-order chi connectivity index (χ0) is 20.5. The van der Waals surface area contributed by atoms with Crippen LogP contribution in [-0.4, -0.2) is 18.7 Å². The van der Waals surface area contributed by atoms with E-state index in [1.54, 1.807) is 18.8 Å². The topological polar surface area (TPSA) is 61.8 Å². The van der Waals surface area contributed by atoms with Gasteiger partial charge in [-0.05, 0) is 23.3 Å². The van der Waals surface area contributed by atoms with Gasteiger partial charge in [0.05, 0.1) is 6.54 Å². The fraction of sp³-hybridized carbons (Fsp3) is 0.190. The third-order valence-electron chi connectivity index (χ3n) is 4.75. The van der Waals surface area contributed by atoms with Gasteiger partial charge in [0.1, 0.15) is 0 Å². The van der Waals surface area contributed by atoms with Crippen LogP contribution in [0, 0.1) is 0 Å². The lowest BCUT2D eigenvalue weighted by Crippen LogP contribution is -2.37. The number of hydrogen-bond donors (Lipinski definition) is 0. The zero-order valence-electron chi connectivity index (χ0n) is 16.0. The van der Waals surface area contributed by atoms with Gasteiger partial charge in [-0.2, -0.15) is 0 Å². The van der Waals surface area contributed by atoms with Gasteiger partial charge >= 0.3 is 5.69 Å². The summed E-state index contributed by atoms with van der Waals surface area (Å²) in [6.45, 7) is 0.487. The van der Waals surface area contributed by atoms with E-state index in [1.807, 2.05) is 47.0 Å². The van der Waals surface area contributed by atoms with Gasteiger partial charge in [0.25, 0.3) is 5.56 Å². The molecular formula is C21H19BrN4O2S. The summed E-state index contributed by atoms with van der Waals surface area (Å²) in [5.41, 5.74) is 2.33. The van der Waals surface area contributed by atoms with Crippen LogP contribution in [0.4, 0.5) is 0 Å². The van der Waals surface area contributed by atoms with Crippen molar-refractivity contribution >= 4 is 38.9 Å². The molecule has 0 saturated heterocycles. The predicted octanol–water partition coefficient (Wildman–Crippen LogP) is 3.54. The number of rotatable bonds is 5. The highest BCUT2D eigenvalue weighted by Gasteiger charge is 2.19. The maximum Gasteiger partial charge on any atom is 0.332 e. The number of aryl methyl sites for hydroxylation is 1. The van der Waals surface area contributed by atoms with Gasteiger partial charge < -0.3 is 4.57 Å². The lowest BCUT2D eigenvalue weighted by Gasteiger charge is -2.10. The van der Waals surface area contributed by atoms with Crippen molar-refractivity contribution in [1.82, 2.24) is 18.7 Å². The van der Waals surface area contributed by atoms with Crippen LogP contribution in [-0.2, 0) is 26.4 Å². The smallest absolute Gasteiger partial charge is 0.309 e. The molecule has 2 heterocycles. The SMILES string of the molecule is Cn1c(=O)c2c(nc(SCc3ccccc3)n2Cc2cccc(Br)c2)n(C)c1=O. The predicted molar refractivity (Wildman–Crippen MR) is 119 cm³/mol. The molecule has 0 atom stereocenters. The average Bonchev–Trinajstić information content (AvgIpc) is 3.08. The maximum atomic E-state index is 12.9. The Labute approximate surface area is 179 Å². The molecule has 0 aliphatic heterocycles. The molecule has 8 heteroatoms. The number of fused-ring (bicyclic) bond motifs is 1. The highest BCUT2D eigenvalue weighted by atomic mass is 79.9. The lowest BCUT2D eigenvalue weighted by molar-refractivity contribution is 0.696. The summed E-state index contributed by atoms with van der Waals surface area (Å²) >= 11 is 5.06. The van der Waals surface area contributed by atoms with E-state index in [-0.39, 0.29) is 11.2 Å². The monoisotopic (exact) mass is 470 g/mol. The standard InChI is InChI=1S/C21H19BrN4O2S/c1-24-18-17(19(27)25(2)21(24)28)26(12-15-9-6-10-16(22)11-15)20(23-18)29-13-14-7-4-3-5-8-14/h3-11H,12-13H2,1-2H3. The normalized spacial score (nSPS) is 11.3. The second-order valence-electron chi connectivity index (χ2n) is 6.76. The van der Waals surface area contributed by atoms with Crippen molar-refractivity contribution in [3.8, 4) is 0 Å². The summed E-state index contributed by atoms with van der Waals surface area (Å²) in [5, 5.41) is 0.710. The molecule has 6 nitrogen and oxygen atoms in total. The van der Waals surface area contributed by atoms with E-state index in [1.165, 1.54) is 17.2 Å². The molecule has 0 bridgehead atoms. The van der Waals surface area contributed by atoms with Crippen LogP contribution in [0.2, 0.25) is 0 Å². The van der Waals surface area contributed by atoms with Crippen molar-refractivity contribution < 1.29 is 0 Å². The third-order valence-corrected chi connectivity index (χ3v) is 6.29. The van der Waals surface area contributed by atoms with E-state index in [0.717, 1.165) is 20.4 Å². The molecule has 0 amide bonds. The molecule has 0 radical (unpaired) electrons. The Kier molecular flexibility index (Phi) is 5.47. The van der Waals surface area contributed by atoms with E-state index in [4.69, 9.17) is 0 Å². The summed E-state index contributed by atoms with van der Waals surface area (Å²) in [5.74, 6) is 0.719. The minimum atomic E-state index is -0.380. The summed E-state index contributed by atoms with van der Waals surface area (Å²) in [7, 11) is 3.14. The molecule has 0 aliphatic rings. The Balaban J connectivity index is 1.86. The minimum Gasteiger partial charge on any atom is -0.309 e. The van der Waals surface area contributed by atoms with Crippen molar-refractivity contribution in [2.75, 3.05) is 0 Å². The molecule has 4 aromatic rings. The van der Waals surface area contributed by atoms with E-state index < -0.39 is 0 Å². The molecule has 0 saturated carbocycles. The highest BCUT2D eigenvalue weighted by molar-refractivity contribution is 9.10. The average molecular weight is 471 g/mol. The van der Waals surface area contributed by atoms with Crippen molar-refractivity contribution in [3.63, 3.8) is 0 Å². The number of aromatic nitrogens is 4. The molecule has 0 N–H and O–H groups in total. The number of hydrogen-bond acceptors (Lipinski definition) is 4. The van der Waals surface area contributed by atoms with Gasteiger partial charge in [0.15, 0.2) is 16.3 Å². The lowest BCUT2D eigenvalue weighted by atomic mass is 10.2. The number of thioether (sulfide) groups is 1. The molecule has 2 aromatic heterocycles. The van der Waals surface area contributed by atoms with Crippen LogP contribution in [0.1, 0.15) is 11.1 Å². The fourth-order valence-electron chi connectivity index (χ4n) is 3.22. The number of imidazole rings is 1. The molecule has 29 heavy (non-hydrogen) atoms. The van der Waals surface area contributed by atoms with Crippen molar-refractivity contribution in [2.24, 2.45) is 14.1 Å². The van der Waals surface area contributed by atoms with Crippen LogP contribution < -0.4 is 11.2 Å². The second kappa shape index (κ2) is 8.04. The van der Waals surface area contributed by atoms with Gasteiger partial charge in [-0.25, -0.2) is 9.78 Å². The zero-order valence-corrected chi connectivity index (χ0v) is 18.4. The fourth-order valence-corrected chi connectivity index (χ4v) is 4.62. The molecular weight excluding hydrogens is 452 g/mol. The second-order valence-corrected chi connectivity index (χ2v) is 8.62. The van der Waals surface area contributed by atoms with E-state index >= 15 is 0 Å². The van der Waals surface area contributed by atoms with Crippen LogP contribution in [0.15, 0.2) is 73.8 Å². The number of halogens is 1. The van der Waals surface area contributed by atoms with Gasteiger partial charge in [-0.15, -0.1) is 0 Å². The first-order valence-corrected chi connectivity index (χ1v) is 10.8. The van der Waals surface area contributed by atoms with Crippen LogP contribution in [0.3, 0.4) is 0 Å². The highest BCUT2D eigenvalue weighted by Crippen LogP contribution is 2.26. The summed E-state index contributed by atoms with van der Waals surface area (Å²) in [4.78, 5) is 30.0. The molecule has 0 unspecified atom stereocenters. The quantitative estimate of drug-likeness (QED) is 0.418. The van der Waals surface area contributed by atoms with Gasteiger partial charge in [-0.1, -0.05) is 70.2 Å². The van der Waals surface area contributed by atoms with Gasteiger partial charge in [0.2, 0.25) is 0 Å². The summed E-state index contributed by atoms with van der Waals surface area (Å²) < 4.78 is 5.44. The van der Waals surface area contributed by atoms with E-state index in [9.17, 15) is 9.59 Å². The Bertz CT molecular complexity index is 1310. The number of benzene rings is 2.